The Labute approximate surface area is 96.2 Å². The van der Waals surface area contributed by atoms with Crippen molar-refractivity contribution in [1.82, 2.24) is 4.72 Å². The van der Waals surface area contributed by atoms with Crippen molar-refractivity contribution in [3.63, 3.8) is 0 Å². The lowest BCUT2D eigenvalue weighted by Crippen LogP contribution is -2.34. The first-order chi connectivity index (χ1) is 7.44. The number of aryl methyl sites for hydroxylation is 2. The summed E-state index contributed by atoms with van der Waals surface area (Å²) in [4.78, 5) is 0. The average molecular weight is 243 g/mol. The number of nitrogens with two attached hydrogens (primary N) is 1. The van der Waals surface area contributed by atoms with E-state index in [4.69, 9.17) is 5.73 Å². The van der Waals surface area contributed by atoms with Gasteiger partial charge in [-0.1, -0.05) is 12.1 Å². The van der Waals surface area contributed by atoms with Crippen molar-refractivity contribution < 1.29 is 8.42 Å². The van der Waals surface area contributed by atoms with Crippen LogP contribution >= 0.6 is 0 Å². The van der Waals surface area contributed by atoms with Gasteiger partial charge in [0.25, 0.3) is 10.2 Å². The molecule has 6 heteroatoms. The lowest BCUT2D eigenvalue weighted by molar-refractivity contribution is 0.587. The SMILES string of the molecule is Cc1ccc(C)c(NS(=O)(=O)NCCN)c1. The fraction of sp³-hybridized carbons (Fsp3) is 0.400. The van der Waals surface area contributed by atoms with Crippen LogP contribution in [0.3, 0.4) is 0 Å². The van der Waals surface area contributed by atoms with Crippen LogP contribution in [0.15, 0.2) is 18.2 Å². The summed E-state index contributed by atoms with van der Waals surface area (Å²) in [7, 11) is -3.52. The van der Waals surface area contributed by atoms with Crippen LogP contribution in [0.1, 0.15) is 11.1 Å². The van der Waals surface area contributed by atoms with Crippen LogP contribution in [0.5, 0.6) is 0 Å². The molecule has 1 aromatic carbocycles. The molecule has 0 unspecified atom stereocenters. The van der Waals surface area contributed by atoms with Crippen molar-refractivity contribution in [3.05, 3.63) is 29.3 Å². The standard InChI is InChI=1S/C10H17N3O2S/c1-8-3-4-9(2)10(7-8)13-16(14,15)12-6-5-11/h3-4,7,12-13H,5-6,11H2,1-2H3. The van der Waals surface area contributed by atoms with Gasteiger partial charge < -0.3 is 5.73 Å². The van der Waals surface area contributed by atoms with Crippen molar-refractivity contribution in [2.24, 2.45) is 5.73 Å². The van der Waals surface area contributed by atoms with Gasteiger partial charge in [-0.3, -0.25) is 4.72 Å². The maximum absolute atomic E-state index is 11.5. The molecule has 0 amide bonds. The van der Waals surface area contributed by atoms with Crippen LogP contribution in [0.4, 0.5) is 5.69 Å². The molecule has 5 nitrogen and oxygen atoms in total. The summed E-state index contributed by atoms with van der Waals surface area (Å²) >= 11 is 0. The summed E-state index contributed by atoms with van der Waals surface area (Å²) in [6.07, 6.45) is 0. The van der Waals surface area contributed by atoms with E-state index < -0.39 is 10.2 Å². The van der Waals surface area contributed by atoms with Gasteiger partial charge in [-0.2, -0.15) is 13.1 Å². The van der Waals surface area contributed by atoms with E-state index in [0.29, 0.717) is 5.69 Å². The van der Waals surface area contributed by atoms with Gasteiger partial charge in [0.05, 0.1) is 5.69 Å². The Morgan fingerprint density at radius 1 is 1.31 bits per heavy atom. The Hall–Kier alpha value is -1.11. The van der Waals surface area contributed by atoms with Crippen molar-refractivity contribution in [2.75, 3.05) is 17.8 Å². The van der Waals surface area contributed by atoms with Gasteiger partial charge in [0.2, 0.25) is 0 Å². The molecule has 0 atom stereocenters. The minimum absolute atomic E-state index is 0.222. The number of anilines is 1. The van der Waals surface area contributed by atoms with E-state index in [1.54, 1.807) is 6.07 Å². The lowest BCUT2D eigenvalue weighted by atomic mass is 10.1. The van der Waals surface area contributed by atoms with Crippen molar-refractivity contribution in [3.8, 4) is 0 Å². The summed E-state index contributed by atoms with van der Waals surface area (Å²) in [5.74, 6) is 0. The predicted molar refractivity (Wildman–Crippen MR) is 65.5 cm³/mol. The zero-order valence-electron chi connectivity index (χ0n) is 9.45. The Morgan fingerprint density at radius 3 is 2.62 bits per heavy atom. The monoisotopic (exact) mass is 243 g/mol. The lowest BCUT2D eigenvalue weighted by Gasteiger charge is -2.11. The first-order valence-electron chi connectivity index (χ1n) is 4.99. The van der Waals surface area contributed by atoms with Crippen LogP contribution in [0.25, 0.3) is 0 Å². The molecule has 0 fully saturated rings. The topological polar surface area (TPSA) is 84.2 Å². The molecule has 90 valence electrons. The smallest absolute Gasteiger partial charge is 0.299 e. The summed E-state index contributed by atoms with van der Waals surface area (Å²) in [6.45, 7) is 4.25. The van der Waals surface area contributed by atoms with Gasteiger partial charge in [0.1, 0.15) is 0 Å². The van der Waals surface area contributed by atoms with Crippen LogP contribution in [0, 0.1) is 13.8 Å². The maximum Gasteiger partial charge on any atom is 0.299 e. The zero-order chi connectivity index (χ0) is 12.2. The number of hydrogen-bond acceptors (Lipinski definition) is 3. The third-order valence-electron chi connectivity index (χ3n) is 2.07. The first kappa shape index (κ1) is 13.0. The molecule has 0 saturated carbocycles. The third-order valence-corrected chi connectivity index (χ3v) is 3.15. The fourth-order valence-corrected chi connectivity index (χ4v) is 2.19. The largest absolute Gasteiger partial charge is 0.329 e. The molecule has 0 heterocycles. The normalized spacial score (nSPS) is 11.4. The van der Waals surface area contributed by atoms with Gasteiger partial charge in [-0.15, -0.1) is 0 Å². The van der Waals surface area contributed by atoms with Gasteiger partial charge >= 0.3 is 0 Å². The van der Waals surface area contributed by atoms with Gasteiger partial charge in [-0.25, -0.2) is 0 Å². The fourth-order valence-electron chi connectivity index (χ4n) is 1.22. The van der Waals surface area contributed by atoms with Gasteiger partial charge in [0, 0.05) is 13.1 Å². The van der Waals surface area contributed by atoms with E-state index in [1.165, 1.54) is 0 Å². The van der Waals surface area contributed by atoms with Crippen LogP contribution in [0.2, 0.25) is 0 Å². The molecule has 16 heavy (non-hydrogen) atoms. The molecule has 1 rings (SSSR count). The highest BCUT2D eigenvalue weighted by Gasteiger charge is 2.09. The third kappa shape index (κ3) is 3.80. The number of benzene rings is 1. The zero-order valence-corrected chi connectivity index (χ0v) is 10.3. The predicted octanol–water partition coefficient (Wildman–Crippen LogP) is 0.508. The molecule has 4 N–H and O–H groups in total. The Balaban J connectivity index is 2.83. The molecule has 0 aliphatic carbocycles. The van der Waals surface area contributed by atoms with E-state index in [-0.39, 0.29) is 13.1 Å². The maximum atomic E-state index is 11.5. The minimum Gasteiger partial charge on any atom is -0.329 e. The second-order valence-electron chi connectivity index (χ2n) is 3.61. The van der Waals surface area contributed by atoms with Crippen molar-refractivity contribution >= 4 is 15.9 Å². The van der Waals surface area contributed by atoms with Gasteiger partial charge in [-0.05, 0) is 31.0 Å². The molecule has 0 aromatic heterocycles. The van der Waals surface area contributed by atoms with Crippen molar-refractivity contribution in [2.45, 2.75) is 13.8 Å². The highest BCUT2D eigenvalue weighted by atomic mass is 32.2. The average Bonchev–Trinajstić information content (AvgIpc) is 2.20. The van der Waals surface area contributed by atoms with Crippen LogP contribution in [-0.2, 0) is 10.2 Å². The highest BCUT2D eigenvalue weighted by molar-refractivity contribution is 7.90. The number of nitrogens with one attached hydrogen (secondary N) is 2. The molecule has 0 radical (unpaired) electrons. The summed E-state index contributed by atoms with van der Waals surface area (Å²) in [6, 6.07) is 5.59. The molecular formula is C10H17N3O2S. The van der Waals surface area contributed by atoms with E-state index in [9.17, 15) is 8.42 Å². The van der Waals surface area contributed by atoms with E-state index in [2.05, 4.69) is 9.44 Å². The Morgan fingerprint density at radius 2 is 2.00 bits per heavy atom. The van der Waals surface area contributed by atoms with E-state index >= 15 is 0 Å². The summed E-state index contributed by atoms with van der Waals surface area (Å²) in [5.41, 5.74) is 7.70. The molecular weight excluding hydrogens is 226 g/mol. The van der Waals surface area contributed by atoms with Crippen LogP contribution < -0.4 is 15.2 Å². The second-order valence-corrected chi connectivity index (χ2v) is 5.11. The molecule has 0 bridgehead atoms. The molecule has 0 aliphatic rings. The first-order valence-corrected chi connectivity index (χ1v) is 6.47. The Kier molecular flexibility index (Phi) is 4.28. The summed E-state index contributed by atoms with van der Waals surface area (Å²) in [5, 5.41) is 0. The molecule has 0 saturated heterocycles. The van der Waals surface area contributed by atoms with E-state index in [0.717, 1.165) is 11.1 Å². The molecule has 0 aliphatic heterocycles. The summed E-state index contributed by atoms with van der Waals surface area (Å²) < 4.78 is 27.9. The number of rotatable bonds is 5. The molecule has 0 spiro atoms. The molecule has 1 aromatic rings. The minimum atomic E-state index is -3.52. The van der Waals surface area contributed by atoms with Crippen LogP contribution in [-0.4, -0.2) is 21.5 Å². The highest BCUT2D eigenvalue weighted by Crippen LogP contribution is 2.17. The van der Waals surface area contributed by atoms with E-state index in [1.807, 2.05) is 26.0 Å². The Bertz CT molecular complexity index is 457. The number of hydrogen-bond donors (Lipinski definition) is 3. The quantitative estimate of drug-likeness (QED) is 0.704. The van der Waals surface area contributed by atoms with Crippen molar-refractivity contribution in [1.29, 1.82) is 0 Å². The second kappa shape index (κ2) is 5.29. The van der Waals surface area contributed by atoms with Gasteiger partial charge in [0.15, 0.2) is 0 Å².